The van der Waals surface area contributed by atoms with Gasteiger partial charge in [-0.3, -0.25) is 0 Å². The lowest BCUT2D eigenvalue weighted by molar-refractivity contribution is 0.314. The molecule has 0 aliphatic carbocycles. The Kier molecular flexibility index (Phi) is 2.16. The predicted octanol–water partition coefficient (Wildman–Crippen LogP) is 1.59. The third-order valence-corrected chi connectivity index (χ3v) is 2.76. The summed E-state index contributed by atoms with van der Waals surface area (Å²) in [5, 5.41) is 2.00. The van der Waals surface area contributed by atoms with E-state index in [-0.39, 0.29) is 5.61 Å². The van der Waals surface area contributed by atoms with Crippen LogP contribution in [0.4, 0.5) is 0 Å². The van der Waals surface area contributed by atoms with E-state index in [1.165, 1.54) is 0 Å². The molecule has 2 aromatic carbocycles. The summed E-state index contributed by atoms with van der Waals surface area (Å²) in [6.45, 7) is 3.37. The first kappa shape index (κ1) is 10.5. The summed E-state index contributed by atoms with van der Waals surface area (Å²) < 4.78 is 9.66. The van der Waals surface area contributed by atoms with Crippen molar-refractivity contribution in [3.63, 3.8) is 0 Å². The molecule has 0 N–H and O–H groups in total. The topological polar surface area (TPSA) is 60.4 Å². The van der Waals surface area contributed by atoms with Crippen molar-refractivity contribution in [2.24, 2.45) is 0 Å². The lowest BCUT2D eigenvalue weighted by Crippen LogP contribution is -2.13. The minimum atomic E-state index is -0.578. The maximum Gasteiger partial charge on any atom is 0.346 e. The summed E-state index contributed by atoms with van der Waals surface area (Å²) in [4.78, 5) is 23.8. The minimum absolute atomic E-state index is 0.309. The highest BCUT2D eigenvalue weighted by Gasteiger charge is 2.06. The van der Waals surface area contributed by atoms with E-state index < -0.39 is 11.3 Å². The van der Waals surface area contributed by atoms with Crippen LogP contribution in [0.5, 0.6) is 0 Å². The Labute approximate surface area is 100 Å². The minimum Gasteiger partial charge on any atom is -0.389 e. The second-order valence-corrected chi connectivity index (χ2v) is 3.86. The molecule has 0 aliphatic heterocycles. The fourth-order valence-corrected chi connectivity index (χ4v) is 2.02. The second-order valence-electron chi connectivity index (χ2n) is 3.86. The Balaban J connectivity index is 2.87. The van der Waals surface area contributed by atoms with Crippen LogP contribution in [0.1, 0.15) is 0 Å². The van der Waals surface area contributed by atoms with E-state index in [9.17, 15) is 9.59 Å². The Morgan fingerprint density at radius 1 is 0.833 bits per heavy atom. The zero-order chi connectivity index (χ0) is 12.7. The van der Waals surface area contributed by atoms with Gasteiger partial charge in [0.1, 0.15) is 0 Å². The third-order valence-electron chi connectivity index (χ3n) is 2.76. The first-order valence-corrected chi connectivity index (χ1v) is 5.32. The van der Waals surface area contributed by atoms with Crippen LogP contribution in [0.2, 0.25) is 0 Å². The maximum absolute atomic E-state index is 11.9. The van der Waals surface area contributed by atoms with Crippen LogP contribution in [0.25, 0.3) is 28.1 Å². The van der Waals surface area contributed by atoms with Gasteiger partial charge in [0.25, 0.3) is 5.61 Å². The Morgan fingerprint density at radius 3 is 1.83 bits per heavy atom. The molecule has 4 heteroatoms. The third kappa shape index (κ3) is 1.47. The smallest absolute Gasteiger partial charge is 0.346 e. The van der Waals surface area contributed by atoms with Gasteiger partial charge in [-0.1, -0.05) is 24.3 Å². The van der Waals surface area contributed by atoms with E-state index in [4.69, 9.17) is 8.83 Å². The van der Waals surface area contributed by atoms with Gasteiger partial charge in [0.15, 0.2) is 0 Å². The summed E-state index contributed by atoms with van der Waals surface area (Å²) in [7, 11) is 0. The molecule has 0 radical (unpaired) electrons. The lowest BCUT2D eigenvalue weighted by atomic mass is 10.0. The van der Waals surface area contributed by atoms with Crippen LogP contribution in [-0.4, -0.2) is 0 Å². The number of benzene rings is 2. The van der Waals surface area contributed by atoms with Crippen molar-refractivity contribution in [3.8, 4) is 0 Å². The van der Waals surface area contributed by atoms with Gasteiger partial charge in [-0.2, -0.15) is 0 Å². The number of hydrogen-bond donors (Lipinski definition) is 0. The quantitative estimate of drug-likeness (QED) is 0.598. The van der Waals surface area contributed by atoms with Gasteiger partial charge < -0.3 is 8.83 Å². The van der Waals surface area contributed by atoms with Gasteiger partial charge in [-0.25, -0.2) is 9.59 Å². The fourth-order valence-electron chi connectivity index (χ4n) is 2.02. The Morgan fingerprint density at radius 2 is 1.33 bits per heavy atom. The van der Waals surface area contributed by atoms with Crippen LogP contribution in [0, 0.1) is 0 Å². The molecule has 0 unspecified atom stereocenters. The zero-order valence-electron chi connectivity index (χ0n) is 9.30. The van der Waals surface area contributed by atoms with E-state index in [0.29, 0.717) is 16.2 Å². The molecular formula is C14H8O4. The lowest BCUT2D eigenvalue weighted by Gasteiger charge is -1.99. The van der Waals surface area contributed by atoms with Crippen LogP contribution in [-0.2, 0) is 0 Å². The Hall–Kier alpha value is -2.62. The van der Waals surface area contributed by atoms with Crippen molar-refractivity contribution in [2.45, 2.75) is 0 Å². The molecule has 0 bridgehead atoms. The van der Waals surface area contributed by atoms with E-state index in [0.717, 1.165) is 5.39 Å². The van der Waals surface area contributed by atoms with Crippen LogP contribution in [0.15, 0.2) is 54.8 Å². The van der Waals surface area contributed by atoms with E-state index in [1.807, 2.05) is 12.1 Å². The molecule has 0 spiro atoms. The van der Waals surface area contributed by atoms with E-state index >= 15 is 0 Å². The molecule has 88 valence electrons. The van der Waals surface area contributed by atoms with Crippen LogP contribution in [0.3, 0.4) is 0 Å². The normalized spacial score (nSPS) is 10.9. The standard InChI is InChI=1S/C14H8O4/c1-8-17-13(15)10-6-2-4-9-5-3-7-11(12(9)10)14(16)18-8/h2-7H,1H2. The molecule has 18 heavy (non-hydrogen) atoms. The molecule has 0 amide bonds. The molecule has 1 heterocycles. The summed E-state index contributed by atoms with van der Waals surface area (Å²) in [6.07, 6.45) is 0. The molecule has 4 nitrogen and oxygen atoms in total. The summed E-state index contributed by atoms with van der Waals surface area (Å²) >= 11 is 0. The van der Waals surface area contributed by atoms with Crippen molar-refractivity contribution < 1.29 is 8.83 Å². The van der Waals surface area contributed by atoms with E-state index in [1.54, 1.807) is 24.3 Å². The van der Waals surface area contributed by atoms with Gasteiger partial charge in [-0.15, -0.1) is 0 Å². The molecule has 0 fully saturated rings. The number of hydrogen-bond acceptors (Lipinski definition) is 4. The molecule has 3 rings (SSSR count). The first-order chi connectivity index (χ1) is 8.66. The molecular weight excluding hydrogens is 232 g/mol. The molecule has 1 aromatic heterocycles. The van der Waals surface area contributed by atoms with Crippen LogP contribution >= 0.6 is 0 Å². The summed E-state index contributed by atoms with van der Waals surface area (Å²) in [6, 6.07) is 10.3. The molecule has 0 aliphatic rings. The van der Waals surface area contributed by atoms with Crippen LogP contribution < -0.4 is 16.9 Å². The van der Waals surface area contributed by atoms with Gasteiger partial charge in [0.05, 0.1) is 10.8 Å². The molecule has 0 saturated heterocycles. The first-order valence-electron chi connectivity index (χ1n) is 5.32. The van der Waals surface area contributed by atoms with Gasteiger partial charge >= 0.3 is 11.3 Å². The summed E-state index contributed by atoms with van der Waals surface area (Å²) in [5.41, 5.74) is -1.47. The molecule has 0 atom stereocenters. The highest BCUT2D eigenvalue weighted by atomic mass is 16.5. The predicted molar refractivity (Wildman–Crippen MR) is 68.1 cm³/mol. The second kappa shape index (κ2) is 3.70. The fraction of sp³-hybridized carbons (Fsp3) is 0. The van der Waals surface area contributed by atoms with Crippen molar-refractivity contribution >= 4 is 28.1 Å². The zero-order valence-corrected chi connectivity index (χ0v) is 9.30. The van der Waals surface area contributed by atoms with Crippen molar-refractivity contribution in [1.29, 1.82) is 0 Å². The van der Waals surface area contributed by atoms with Gasteiger partial charge in [0.2, 0.25) is 0 Å². The van der Waals surface area contributed by atoms with Crippen molar-refractivity contribution in [2.75, 3.05) is 0 Å². The SMILES string of the molecule is C=c1oc(=O)c2cccc3cccc(c(=O)o1)c32. The van der Waals surface area contributed by atoms with Crippen molar-refractivity contribution in [3.05, 3.63) is 62.9 Å². The Bertz CT molecular complexity index is 861. The van der Waals surface area contributed by atoms with Crippen molar-refractivity contribution in [1.82, 2.24) is 0 Å². The summed E-state index contributed by atoms with van der Waals surface area (Å²) in [5.74, 6) is 0. The average molecular weight is 240 g/mol. The highest BCUT2D eigenvalue weighted by molar-refractivity contribution is 6.08. The van der Waals surface area contributed by atoms with E-state index in [2.05, 4.69) is 6.58 Å². The maximum atomic E-state index is 11.9. The highest BCUT2D eigenvalue weighted by Crippen LogP contribution is 2.20. The molecule has 3 aromatic rings. The average Bonchev–Trinajstić information content (AvgIpc) is 2.35. The van der Waals surface area contributed by atoms with Gasteiger partial charge in [-0.05, 0) is 24.1 Å². The monoisotopic (exact) mass is 240 g/mol. The van der Waals surface area contributed by atoms with Gasteiger partial charge in [0, 0.05) is 5.39 Å². The molecule has 0 saturated carbocycles. The largest absolute Gasteiger partial charge is 0.389 e. The number of rotatable bonds is 0.